The Morgan fingerprint density at radius 3 is 2.29 bits per heavy atom. The first-order valence-corrected chi connectivity index (χ1v) is 5.00. The minimum atomic E-state index is -4.91. The molecule has 0 saturated heterocycles. The number of carbonyl (C=O) groups excluding carboxylic acids is 1. The van der Waals surface area contributed by atoms with Gasteiger partial charge in [0.2, 0.25) is 0 Å². The second kappa shape index (κ2) is 5.18. The highest BCUT2D eigenvalue weighted by atomic mass is 19.4. The summed E-state index contributed by atoms with van der Waals surface area (Å²) in [5, 5.41) is 1.73. The summed E-state index contributed by atoms with van der Waals surface area (Å²) in [4.78, 5) is 10.7. The number of amides is 1. The van der Waals surface area contributed by atoms with Gasteiger partial charge in [0.1, 0.15) is 0 Å². The van der Waals surface area contributed by atoms with Crippen molar-refractivity contribution in [3.63, 3.8) is 0 Å². The van der Waals surface area contributed by atoms with E-state index in [4.69, 9.17) is 5.73 Å². The summed E-state index contributed by atoms with van der Waals surface area (Å²) in [7, 11) is 0. The van der Waals surface area contributed by atoms with Gasteiger partial charge >= 0.3 is 12.1 Å². The summed E-state index contributed by atoms with van der Waals surface area (Å²) in [6.07, 6.45) is -5.99. The summed E-state index contributed by atoms with van der Waals surface area (Å²) in [6, 6.07) is 8.78. The maximum absolute atomic E-state index is 12.0. The molecule has 1 amide bonds. The van der Waals surface area contributed by atoms with Gasteiger partial charge in [-0.25, -0.2) is 0 Å². The van der Waals surface area contributed by atoms with Crippen LogP contribution < -0.4 is 11.1 Å². The Morgan fingerprint density at radius 1 is 1.29 bits per heavy atom. The third kappa shape index (κ3) is 3.74. The van der Waals surface area contributed by atoms with E-state index in [1.54, 1.807) is 42.6 Å². The average molecular weight is 246 g/mol. The molecule has 2 atom stereocenters. The van der Waals surface area contributed by atoms with Gasteiger partial charge in [-0.05, 0) is 5.56 Å². The normalized spacial score (nSPS) is 15.1. The summed E-state index contributed by atoms with van der Waals surface area (Å²) in [5.41, 5.74) is 6.28. The highest BCUT2D eigenvalue weighted by Gasteiger charge is 2.39. The molecule has 2 unspecified atom stereocenters. The molecule has 3 nitrogen and oxygen atoms in total. The zero-order valence-corrected chi connectivity index (χ0v) is 9.16. The van der Waals surface area contributed by atoms with Crippen LogP contribution in [0.4, 0.5) is 13.2 Å². The molecule has 0 bridgehead atoms. The van der Waals surface area contributed by atoms with Crippen LogP contribution in [0.2, 0.25) is 0 Å². The van der Waals surface area contributed by atoms with E-state index in [1.165, 1.54) is 0 Å². The van der Waals surface area contributed by atoms with Crippen LogP contribution in [-0.2, 0) is 4.79 Å². The number of hydrogen-bond donors (Lipinski definition) is 2. The summed E-state index contributed by atoms with van der Waals surface area (Å²) >= 11 is 0. The SMILES string of the molecule is CC(c1ccccc1)C(N)NC(=O)C(F)(F)F. The molecular formula is C11H13F3N2O. The van der Waals surface area contributed by atoms with Gasteiger partial charge in [0, 0.05) is 5.92 Å². The van der Waals surface area contributed by atoms with Gasteiger partial charge in [-0.2, -0.15) is 13.2 Å². The van der Waals surface area contributed by atoms with Crippen molar-refractivity contribution < 1.29 is 18.0 Å². The molecule has 0 heterocycles. The Morgan fingerprint density at radius 2 is 1.82 bits per heavy atom. The van der Waals surface area contributed by atoms with Crippen molar-refractivity contribution in [2.75, 3.05) is 0 Å². The number of hydrogen-bond acceptors (Lipinski definition) is 2. The molecule has 0 aromatic heterocycles. The van der Waals surface area contributed by atoms with Crippen LogP contribution in [0.1, 0.15) is 18.4 Å². The lowest BCUT2D eigenvalue weighted by atomic mass is 9.98. The first-order valence-electron chi connectivity index (χ1n) is 5.00. The molecule has 17 heavy (non-hydrogen) atoms. The second-order valence-electron chi connectivity index (χ2n) is 3.70. The van der Waals surface area contributed by atoms with Crippen molar-refractivity contribution in [1.82, 2.24) is 5.32 Å². The van der Waals surface area contributed by atoms with Crippen molar-refractivity contribution in [2.24, 2.45) is 5.73 Å². The van der Waals surface area contributed by atoms with Crippen LogP contribution in [0.5, 0.6) is 0 Å². The van der Waals surface area contributed by atoms with Crippen LogP contribution >= 0.6 is 0 Å². The van der Waals surface area contributed by atoms with Crippen LogP contribution in [-0.4, -0.2) is 18.2 Å². The van der Waals surface area contributed by atoms with Gasteiger partial charge < -0.3 is 11.1 Å². The van der Waals surface area contributed by atoms with Gasteiger partial charge in [0.25, 0.3) is 0 Å². The molecule has 0 aliphatic rings. The average Bonchev–Trinajstić information content (AvgIpc) is 2.27. The zero-order chi connectivity index (χ0) is 13.1. The fraction of sp³-hybridized carbons (Fsp3) is 0.364. The Hall–Kier alpha value is -1.56. The molecular weight excluding hydrogens is 233 g/mol. The van der Waals surface area contributed by atoms with Crippen molar-refractivity contribution in [1.29, 1.82) is 0 Å². The van der Waals surface area contributed by atoms with E-state index >= 15 is 0 Å². The number of benzene rings is 1. The smallest absolute Gasteiger partial charge is 0.333 e. The second-order valence-corrected chi connectivity index (χ2v) is 3.70. The Balaban J connectivity index is 2.66. The molecule has 1 aromatic rings. The van der Waals surface area contributed by atoms with E-state index in [1.807, 2.05) is 0 Å². The van der Waals surface area contributed by atoms with E-state index in [0.29, 0.717) is 0 Å². The third-order valence-corrected chi connectivity index (χ3v) is 2.42. The Labute approximate surface area is 96.8 Å². The van der Waals surface area contributed by atoms with E-state index in [-0.39, 0.29) is 0 Å². The van der Waals surface area contributed by atoms with Crippen molar-refractivity contribution in [2.45, 2.75) is 25.2 Å². The minimum absolute atomic E-state index is 0.400. The van der Waals surface area contributed by atoms with Gasteiger partial charge in [0.15, 0.2) is 0 Å². The molecule has 1 rings (SSSR count). The molecule has 6 heteroatoms. The monoisotopic (exact) mass is 246 g/mol. The fourth-order valence-corrected chi connectivity index (χ4v) is 1.32. The molecule has 0 saturated carbocycles. The van der Waals surface area contributed by atoms with Crippen LogP contribution in [0.15, 0.2) is 30.3 Å². The maximum atomic E-state index is 12.0. The van der Waals surface area contributed by atoms with Crippen LogP contribution in [0, 0.1) is 0 Å². The van der Waals surface area contributed by atoms with E-state index in [0.717, 1.165) is 5.56 Å². The highest BCUT2D eigenvalue weighted by molar-refractivity contribution is 5.81. The largest absolute Gasteiger partial charge is 0.471 e. The lowest BCUT2D eigenvalue weighted by Gasteiger charge is -2.22. The molecule has 1 aromatic carbocycles. The first-order chi connectivity index (χ1) is 7.82. The first kappa shape index (κ1) is 13.5. The summed E-state index contributed by atoms with van der Waals surface area (Å²) in [5.74, 6) is -2.42. The number of rotatable bonds is 3. The van der Waals surface area contributed by atoms with E-state index < -0.39 is 24.2 Å². The predicted molar refractivity (Wildman–Crippen MR) is 57.0 cm³/mol. The minimum Gasteiger partial charge on any atom is -0.333 e. The standard InChI is InChI=1S/C11H13F3N2O/c1-7(8-5-3-2-4-6-8)9(15)16-10(17)11(12,13)14/h2-7,9H,15H2,1H3,(H,16,17). The lowest BCUT2D eigenvalue weighted by Crippen LogP contribution is -2.49. The molecule has 0 aliphatic heterocycles. The van der Waals surface area contributed by atoms with Crippen LogP contribution in [0.3, 0.4) is 0 Å². The van der Waals surface area contributed by atoms with Gasteiger partial charge in [0.05, 0.1) is 6.17 Å². The topological polar surface area (TPSA) is 55.1 Å². The quantitative estimate of drug-likeness (QED) is 0.798. The number of nitrogens with two attached hydrogens (primary N) is 1. The lowest BCUT2D eigenvalue weighted by molar-refractivity contribution is -0.174. The Bertz CT molecular complexity index is 378. The molecule has 94 valence electrons. The number of nitrogens with one attached hydrogen (secondary N) is 1. The number of alkyl halides is 3. The summed E-state index contributed by atoms with van der Waals surface area (Å²) < 4.78 is 36.0. The van der Waals surface area contributed by atoms with Crippen LogP contribution in [0.25, 0.3) is 0 Å². The molecule has 0 radical (unpaired) electrons. The van der Waals surface area contributed by atoms with E-state index in [9.17, 15) is 18.0 Å². The Kier molecular flexibility index (Phi) is 4.11. The maximum Gasteiger partial charge on any atom is 0.471 e. The number of halogens is 3. The van der Waals surface area contributed by atoms with Crippen molar-refractivity contribution in [3.8, 4) is 0 Å². The molecule has 0 spiro atoms. The fourth-order valence-electron chi connectivity index (χ4n) is 1.32. The summed E-state index contributed by atoms with van der Waals surface area (Å²) in [6.45, 7) is 1.65. The van der Waals surface area contributed by atoms with Crippen molar-refractivity contribution in [3.05, 3.63) is 35.9 Å². The van der Waals surface area contributed by atoms with E-state index in [2.05, 4.69) is 0 Å². The van der Waals surface area contributed by atoms with Gasteiger partial charge in [-0.15, -0.1) is 0 Å². The van der Waals surface area contributed by atoms with Gasteiger partial charge in [-0.3, -0.25) is 4.79 Å². The van der Waals surface area contributed by atoms with Crippen molar-refractivity contribution >= 4 is 5.91 Å². The molecule has 0 aliphatic carbocycles. The molecule has 0 fully saturated rings. The predicted octanol–water partition coefficient (Wildman–Crippen LogP) is 1.75. The number of carbonyl (C=O) groups is 1. The molecule has 3 N–H and O–H groups in total. The third-order valence-electron chi connectivity index (χ3n) is 2.42. The zero-order valence-electron chi connectivity index (χ0n) is 9.16. The highest BCUT2D eigenvalue weighted by Crippen LogP contribution is 2.19. The van der Waals surface area contributed by atoms with Gasteiger partial charge in [-0.1, -0.05) is 37.3 Å².